The molecule has 4 atom stereocenters. The second-order valence-electron chi connectivity index (χ2n) is 7.43. The van der Waals surface area contributed by atoms with Crippen LogP contribution in [0.1, 0.15) is 65.7 Å². The predicted octanol–water partition coefficient (Wildman–Crippen LogP) is 2.83. The maximum atomic E-state index is 12.5. The highest BCUT2D eigenvalue weighted by molar-refractivity contribution is 5.80. The monoisotopic (exact) mass is 266 g/mol. The van der Waals surface area contributed by atoms with Crippen LogP contribution in [0.15, 0.2) is 0 Å². The highest BCUT2D eigenvalue weighted by atomic mass is 16.2. The van der Waals surface area contributed by atoms with Crippen molar-refractivity contribution in [3.05, 3.63) is 0 Å². The van der Waals surface area contributed by atoms with Gasteiger partial charge in [0.05, 0.1) is 5.92 Å². The molecule has 3 nitrogen and oxygen atoms in total. The molecule has 0 spiro atoms. The minimum atomic E-state index is -0.311. The van der Waals surface area contributed by atoms with E-state index >= 15 is 0 Å². The number of hydrogen-bond acceptors (Lipinski definition) is 2. The summed E-state index contributed by atoms with van der Waals surface area (Å²) in [6, 6.07) is 0.365. The van der Waals surface area contributed by atoms with Crippen LogP contribution in [0.5, 0.6) is 0 Å². The van der Waals surface area contributed by atoms with E-state index in [1.54, 1.807) is 0 Å². The van der Waals surface area contributed by atoms with E-state index in [4.69, 9.17) is 5.73 Å². The van der Waals surface area contributed by atoms with Gasteiger partial charge in [-0.1, -0.05) is 26.7 Å². The molecule has 4 unspecified atom stereocenters. The summed E-state index contributed by atoms with van der Waals surface area (Å²) in [5.41, 5.74) is 6.01. The first kappa shape index (κ1) is 14.8. The lowest BCUT2D eigenvalue weighted by atomic mass is 9.73. The molecule has 0 saturated heterocycles. The van der Waals surface area contributed by atoms with Crippen molar-refractivity contribution < 1.29 is 4.79 Å². The van der Waals surface area contributed by atoms with Gasteiger partial charge in [0.25, 0.3) is 0 Å². The maximum Gasteiger partial charge on any atom is 0.225 e. The molecule has 3 heteroatoms. The minimum Gasteiger partial charge on any atom is -0.353 e. The fourth-order valence-corrected chi connectivity index (χ4v) is 4.16. The number of hydrogen-bond donors (Lipinski definition) is 2. The number of nitrogens with two attached hydrogens (primary N) is 1. The van der Waals surface area contributed by atoms with Crippen LogP contribution >= 0.6 is 0 Å². The minimum absolute atomic E-state index is 0.00814. The van der Waals surface area contributed by atoms with Crippen LogP contribution in [-0.2, 0) is 4.79 Å². The zero-order valence-electron chi connectivity index (χ0n) is 12.7. The Morgan fingerprint density at radius 2 is 1.79 bits per heavy atom. The van der Waals surface area contributed by atoms with E-state index in [0.717, 1.165) is 50.4 Å². The maximum absolute atomic E-state index is 12.5. The molecule has 110 valence electrons. The molecule has 2 aliphatic carbocycles. The van der Waals surface area contributed by atoms with Gasteiger partial charge in [-0.3, -0.25) is 4.79 Å². The van der Waals surface area contributed by atoms with Crippen LogP contribution in [0, 0.1) is 17.8 Å². The Labute approximate surface area is 117 Å². The largest absolute Gasteiger partial charge is 0.353 e. The molecule has 2 aliphatic rings. The molecule has 0 bridgehead atoms. The van der Waals surface area contributed by atoms with Gasteiger partial charge >= 0.3 is 0 Å². The van der Waals surface area contributed by atoms with Gasteiger partial charge in [-0.05, 0) is 50.9 Å². The number of amides is 1. The molecule has 19 heavy (non-hydrogen) atoms. The Balaban J connectivity index is 1.93. The summed E-state index contributed by atoms with van der Waals surface area (Å²) in [7, 11) is 0. The fourth-order valence-electron chi connectivity index (χ4n) is 4.16. The summed E-state index contributed by atoms with van der Waals surface area (Å²) < 4.78 is 0. The zero-order valence-corrected chi connectivity index (χ0v) is 12.7. The molecule has 2 fully saturated rings. The van der Waals surface area contributed by atoms with Gasteiger partial charge in [0.15, 0.2) is 0 Å². The van der Waals surface area contributed by atoms with E-state index in [0.29, 0.717) is 6.04 Å². The molecular formula is C16H30N2O. The van der Waals surface area contributed by atoms with Crippen LogP contribution < -0.4 is 11.1 Å². The Bertz CT molecular complexity index is 317. The second kappa shape index (κ2) is 5.82. The van der Waals surface area contributed by atoms with Crippen molar-refractivity contribution in [2.45, 2.75) is 77.3 Å². The number of carbonyl (C=O) groups is 1. The van der Waals surface area contributed by atoms with Gasteiger partial charge in [0.1, 0.15) is 0 Å². The highest BCUT2D eigenvalue weighted by Crippen LogP contribution is 2.33. The highest BCUT2D eigenvalue weighted by Gasteiger charge is 2.38. The molecule has 0 radical (unpaired) electrons. The third-order valence-electron chi connectivity index (χ3n) is 5.10. The Morgan fingerprint density at radius 3 is 2.37 bits per heavy atom. The third-order valence-corrected chi connectivity index (χ3v) is 5.10. The fraction of sp³-hybridized carbons (Fsp3) is 0.938. The lowest BCUT2D eigenvalue weighted by Crippen LogP contribution is -2.54. The third kappa shape index (κ3) is 3.71. The van der Waals surface area contributed by atoms with Gasteiger partial charge in [-0.2, -0.15) is 0 Å². The van der Waals surface area contributed by atoms with E-state index in [9.17, 15) is 4.79 Å². The zero-order chi connectivity index (χ0) is 14.0. The van der Waals surface area contributed by atoms with E-state index in [2.05, 4.69) is 19.2 Å². The first-order valence-corrected chi connectivity index (χ1v) is 7.97. The van der Waals surface area contributed by atoms with Crippen LogP contribution in [0.4, 0.5) is 0 Å². The molecule has 0 aromatic heterocycles. The first-order chi connectivity index (χ1) is 8.88. The van der Waals surface area contributed by atoms with Gasteiger partial charge in [-0.15, -0.1) is 0 Å². The quantitative estimate of drug-likeness (QED) is 0.807. The number of nitrogens with one attached hydrogen (secondary N) is 1. The standard InChI is InChI=1S/C16H30N2O/c1-11-8-12(2)10-13(9-11)18-15(19)14-6-4-5-7-16(14,3)17/h11-14H,4-10,17H2,1-3H3,(H,18,19). The number of carbonyl (C=O) groups excluding carboxylic acids is 1. The smallest absolute Gasteiger partial charge is 0.225 e. The second-order valence-corrected chi connectivity index (χ2v) is 7.43. The van der Waals surface area contributed by atoms with Crippen molar-refractivity contribution in [3.8, 4) is 0 Å². The summed E-state index contributed by atoms with van der Waals surface area (Å²) in [6.45, 7) is 6.63. The molecule has 0 aromatic rings. The normalized spacial score (nSPS) is 43.8. The van der Waals surface area contributed by atoms with Crippen molar-refractivity contribution in [3.63, 3.8) is 0 Å². The van der Waals surface area contributed by atoms with Crippen LogP contribution in [0.25, 0.3) is 0 Å². The average Bonchev–Trinajstić information content (AvgIpc) is 2.26. The predicted molar refractivity (Wildman–Crippen MR) is 78.7 cm³/mol. The van der Waals surface area contributed by atoms with Crippen LogP contribution in [0.3, 0.4) is 0 Å². The van der Waals surface area contributed by atoms with E-state index in [1.807, 2.05) is 6.92 Å². The molecule has 2 saturated carbocycles. The Kier molecular flexibility index (Phi) is 4.54. The summed E-state index contributed by atoms with van der Waals surface area (Å²) >= 11 is 0. The van der Waals surface area contributed by atoms with Crippen molar-refractivity contribution in [2.24, 2.45) is 23.5 Å². The molecule has 3 N–H and O–H groups in total. The SMILES string of the molecule is CC1CC(C)CC(NC(=O)C2CCCCC2(C)N)C1. The Morgan fingerprint density at radius 1 is 1.16 bits per heavy atom. The van der Waals surface area contributed by atoms with Gasteiger partial charge in [-0.25, -0.2) is 0 Å². The van der Waals surface area contributed by atoms with Crippen LogP contribution in [0.2, 0.25) is 0 Å². The first-order valence-electron chi connectivity index (χ1n) is 7.97. The summed E-state index contributed by atoms with van der Waals surface area (Å²) in [4.78, 5) is 12.5. The van der Waals surface area contributed by atoms with Crippen molar-refractivity contribution >= 4 is 5.91 Å². The Hall–Kier alpha value is -0.570. The summed E-state index contributed by atoms with van der Waals surface area (Å²) in [5.74, 6) is 1.67. The lowest BCUT2D eigenvalue weighted by molar-refractivity contribution is -0.129. The van der Waals surface area contributed by atoms with E-state index in [1.165, 1.54) is 6.42 Å². The van der Waals surface area contributed by atoms with Crippen molar-refractivity contribution in [1.82, 2.24) is 5.32 Å². The van der Waals surface area contributed by atoms with Gasteiger partial charge < -0.3 is 11.1 Å². The topological polar surface area (TPSA) is 55.1 Å². The summed E-state index contributed by atoms with van der Waals surface area (Å²) in [5, 5.41) is 3.29. The molecule has 0 heterocycles. The van der Waals surface area contributed by atoms with Crippen molar-refractivity contribution in [2.75, 3.05) is 0 Å². The molecule has 0 aromatic carbocycles. The molecule has 0 aliphatic heterocycles. The number of rotatable bonds is 2. The van der Waals surface area contributed by atoms with E-state index < -0.39 is 0 Å². The van der Waals surface area contributed by atoms with Gasteiger partial charge in [0, 0.05) is 11.6 Å². The molecule has 2 rings (SSSR count). The van der Waals surface area contributed by atoms with Gasteiger partial charge in [0.2, 0.25) is 5.91 Å². The van der Waals surface area contributed by atoms with Crippen molar-refractivity contribution in [1.29, 1.82) is 0 Å². The lowest BCUT2D eigenvalue weighted by Gasteiger charge is -2.39. The van der Waals surface area contributed by atoms with E-state index in [-0.39, 0.29) is 17.4 Å². The summed E-state index contributed by atoms with van der Waals surface area (Å²) in [6.07, 6.45) is 7.79. The average molecular weight is 266 g/mol. The molecular weight excluding hydrogens is 236 g/mol. The molecule has 1 amide bonds. The van der Waals surface area contributed by atoms with Crippen LogP contribution in [-0.4, -0.2) is 17.5 Å².